The molecule has 1 amide bonds. The second-order valence-electron chi connectivity index (χ2n) is 7.83. The Kier molecular flexibility index (Phi) is 5.35. The van der Waals surface area contributed by atoms with E-state index in [4.69, 9.17) is 9.15 Å². The summed E-state index contributed by atoms with van der Waals surface area (Å²) in [5, 5.41) is 0. The summed E-state index contributed by atoms with van der Waals surface area (Å²) in [5.74, 6) is 2.45. The molecule has 3 rings (SSSR count). The van der Waals surface area contributed by atoms with Crippen LogP contribution in [0.3, 0.4) is 0 Å². The van der Waals surface area contributed by atoms with Crippen LogP contribution < -0.4 is 9.64 Å². The first-order valence-corrected chi connectivity index (χ1v) is 9.31. The van der Waals surface area contributed by atoms with Crippen molar-refractivity contribution in [1.82, 2.24) is 4.98 Å². The zero-order valence-corrected chi connectivity index (χ0v) is 16.2. The Balaban J connectivity index is 1.73. The minimum atomic E-state index is -0.0739. The van der Waals surface area contributed by atoms with Gasteiger partial charge in [0.05, 0.1) is 19.0 Å². The Hall–Kier alpha value is -2.30. The molecule has 0 spiro atoms. The zero-order valence-electron chi connectivity index (χ0n) is 16.2. The highest BCUT2D eigenvalue weighted by Crippen LogP contribution is 2.34. The van der Waals surface area contributed by atoms with Crippen LogP contribution in [0.1, 0.15) is 57.2 Å². The number of aromatic nitrogens is 1. The Bertz CT molecular complexity index is 774. The number of amides is 1. The van der Waals surface area contributed by atoms with Gasteiger partial charge in [-0.1, -0.05) is 26.8 Å². The number of fused-ring (bicyclic) bond motifs is 1. The second kappa shape index (κ2) is 7.52. The fourth-order valence-electron chi connectivity index (χ4n) is 3.32. The van der Waals surface area contributed by atoms with Crippen LogP contribution in [0.15, 0.2) is 28.8 Å². The topological polar surface area (TPSA) is 55.6 Å². The van der Waals surface area contributed by atoms with Gasteiger partial charge in [0.15, 0.2) is 5.89 Å². The summed E-state index contributed by atoms with van der Waals surface area (Å²) in [7, 11) is 1.68. The molecule has 5 heteroatoms. The summed E-state index contributed by atoms with van der Waals surface area (Å²) < 4.78 is 11.3. The van der Waals surface area contributed by atoms with Crippen LogP contribution in [0.5, 0.6) is 5.75 Å². The molecule has 26 heavy (non-hydrogen) atoms. The van der Waals surface area contributed by atoms with Gasteiger partial charge in [-0.15, -0.1) is 0 Å². The first-order chi connectivity index (χ1) is 12.4. The molecule has 2 aromatic rings. The molecule has 0 radical (unpaired) electrons. The summed E-state index contributed by atoms with van der Waals surface area (Å²) in [6.07, 6.45) is 5.68. The van der Waals surface area contributed by atoms with Gasteiger partial charge >= 0.3 is 0 Å². The van der Waals surface area contributed by atoms with Gasteiger partial charge in [-0.2, -0.15) is 0 Å². The van der Waals surface area contributed by atoms with Gasteiger partial charge in [0.1, 0.15) is 11.5 Å². The van der Waals surface area contributed by atoms with Gasteiger partial charge in [0.2, 0.25) is 5.91 Å². The molecule has 0 aliphatic carbocycles. The Morgan fingerprint density at radius 3 is 2.81 bits per heavy atom. The number of oxazole rings is 1. The quantitative estimate of drug-likeness (QED) is 0.820. The van der Waals surface area contributed by atoms with Crippen LogP contribution in [-0.4, -0.2) is 24.5 Å². The number of hydrogen-bond acceptors (Lipinski definition) is 4. The van der Waals surface area contributed by atoms with E-state index in [1.165, 1.54) is 0 Å². The van der Waals surface area contributed by atoms with Crippen molar-refractivity contribution in [2.45, 2.75) is 58.3 Å². The Morgan fingerprint density at radius 1 is 1.31 bits per heavy atom. The Labute approximate surface area is 155 Å². The third-order valence-corrected chi connectivity index (χ3v) is 4.82. The summed E-state index contributed by atoms with van der Waals surface area (Å²) in [6, 6.07) is 5.94. The average molecular weight is 356 g/mol. The highest BCUT2D eigenvalue weighted by molar-refractivity contribution is 5.94. The van der Waals surface area contributed by atoms with Gasteiger partial charge < -0.3 is 14.1 Å². The van der Waals surface area contributed by atoms with Crippen LogP contribution in [0, 0.1) is 0 Å². The van der Waals surface area contributed by atoms with Crippen molar-refractivity contribution in [3.05, 3.63) is 41.6 Å². The fourth-order valence-corrected chi connectivity index (χ4v) is 3.32. The van der Waals surface area contributed by atoms with E-state index in [2.05, 4.69) is 25.8 Å². The van der Waals surface area contributed by atoms with Crippen LogP contribution in [-0.2, 0) is 23.1 Å². The number of carbonyl (C=O) groups excluding carboxylic acids is 1. The maximum absolute atomic E-state index is 12.9. The molecule has 0 saturated heterocycles. The lowest BCUT2D eigenvalue weighted by Gasteiger charge is -2.23. The minimum absolute atomic E-state index is 0.0739. The van der Waals surface area contributed by atoms with Crippen molar-refractivity contribution in [2.24, 2.45) is 0 Å². The van der Waals surface area contributed by atoms with Crippen LogP contribution in [0.2, 0.25) is 0 Å². The van der Waals surface area contributed by atoms with Crippen molar-refractivity contribution < 1.29 is 13.9 Å². The van der Waals surface area contributed by atoms with Crippen molar-refractivity contribution in [1.29, 1.82) is 0 Å². The maximum atomic E-state index is 12.9. The number of hydrogen-bond donors (Lipinski definition) is 0. The van der Waals surface area contributed by atoms with E-state index < -0.39 is 0 Å². The smallest absolute Gasteiger partial charge is 0.227 e. The lowest BCUT2D eigenvalue weighted by atomic mass is 9.94. The predicted octanol–water partition coefficient (Wildman–Crippen LogP) is 4.28. The standard InChI is InChI=1S/C21H28N2O3/c1-21(2,3)18-14-22-19(26-18)11-12-20(24)23-13-6-5-8-15-16(23)9-7-10-17(15)25-4/h7,9-10,14H,5-6,8,11-13H2,1-4H3. The molecule has 0 fully saturated rings. The number of carbonyl (C=O) groups is 1. The SMILES string of the molecule is COc1cccc2c1CCCCN2C(=O)CCc1ncc(C(C)(C)C)o1. The molecule has 1 aliphatic rings. The van der Waals surface area contributed by atoms with Crippen molar-refractivity contribution >= 4 is 11.6 Å². The number of anilines is 1. The van der Waals surface area contributed by atoms with E-state index >= 15 is 0 Å². The van der Waals surface area contributed by atoms with Gasteiger partial charge in [-0.3, -0.25) is 4.79 Å². The minimum Gasteiger partial charge on any atom is -0.496 e. The lowest BCUT2D eigenvalue weighted by molar-refractivity contribution is -0.118. The molecule has 2 heterocycles. The number of rotatable bonds is 4. The molecule has 0 saturated carbocycles. The molecule has 0 N–H and O–H groups in total. The summed E-state index contributed by atoms with van der Waals surface area (Å²) in [4.78, 5) is 19.1. The van der Waals surface area contributed by atoms with Crippen LogP contribution >= 0.6 is 0 Å². The Morgan fingerprint density at radius 2 is 2.12 bits per heavy atom. The third-order valence-electron chi connectivity index (χ3n) is 4.82. The summed E-state index contributed by atoms with van der Waals surface area (Å²) in [6.45, 7) is 7.01. The summed E-state index contributed by atoms with van der Waals surface area (Å²) >= 11 is 0. The van der Waals surface area contributed by atoms with Crippen molar-refractivity contribution in [2.75, 3.05) is 18.6 Å². The van der Waals surface area contributed by atoms with E-state index in [9.17, 15) is 4.79 Å². The first-order valence-electron chi connectivity index (χ1n) is 9.31. The van der Waals surface area contributed by atoms with E-state index in [-0.39, 0.29) is 11.3 Å². The van der Waals surface area contributed by atoms with Gasteiger partial charge in [-0.25, -0.2) is 4.98 Å². The van der Waals surface area contributed by atoms with E-state index in [0.29, 0.717) is 18.7 Å². The molecule has 1 aromatic carbocycles. The predicted molar refractivity (Wildman–Crippen MR) is 102 cm³/mol. The van der Waals surface area contributed by atoms with E-state index in [1.54, 1.807) is 13.3 Å². The molecular weight excluding hydrogens is 328 g/mol. The molecule has 5 nitrogen and oxygen atoms in total. The largest absolute Gasteiger partial charge is 0.496 e. The van der Waals surface area contributed by atoms with E-state index in [1.807, 2.05) is 23.1 Å². The van der Waals surface area contributed by atoms with Crippen LogP contribution in [0.4, 0.5) is 5.69 Å². The molecular formula is C21H28N2O3. The van der Waals surface area contributed by atoms with Crippen molar-refractivity contribution in [3.63, 3.8) is 0 Å². The maximum Gasteiger partial charge on any atom is 0.227 e. The van der Waals surface area contributed by atoms with Crippen LogP contribution in [0.25, 0.3) is 0 Å². The lowest BCUT2D eigenvalue weighted by Crippen LogP contribution is -2.32. The first kappa shape index (κ1) is 18.5. The zero-order chi connectivity index (χ0) is 18.7. The molecule has 0 atom stereocenters. The highest BCUT2D eigenvalue weighted by Gasteiger charge is 2.24. The second-order valence-corrected chi connectivity index (χ2v) is 7.83. The molecule has 140 valence electrons. The fraction of sp³-hybridized carbons (Fsp3) is 0.524. The molecule has 0 bridgehead atoms. The van der Waals surface area contributed by atoms with Gasteiger partial charge in [-0.05, 0) is 31.4 Å². The van der Waals surface area contributed by atoms with Crippen molar-refractivity contribution in [3.8, 4) is 5.75 Å². The number of methoxy groups -OCH3 is 1. The van der Waals surface area contributed by atoms with E-state index in [0.717, 1.165) is 48.6 Å². The third kappa shape index (κ3) is 3.92. The normalized spacial score (nSPS) is 14.7. The molecule has 1 aromatic heterocycles. The molecule has 0 unspecified atom stereocenters. The highest BCUT2D eigenvalue weighted by atomic mass is 16.5. The average Bonchev–Trinajstić information content (AvgIpc) is 2.99. The van der Waals surface area contributed by atoms with Gasteiger partial charge in [0.25, 0.3) is 0 Å². The molecule has 1 aliphatic heterocycles. The number of ether oxygens (including phenoxy) is 1. The monoisotopic (exact) mass is 356 g/mol. The number of nitrogens with zero attached hydrogens (tertiary/aromatic N) is 2. The summed E-state index contributed by atoms with van der Waals surface area (Å²) in [5.41, 5.74) is 2.04. The number of aryl methyl sites for hydroxylation is 1. The number of benzene rings is 1. The van der Waals surface area contributed by atoms with Gasteiger partial charge in [0, 0.05) is 30.4 Å².